The first kappa shape index (κ1) is 14.7. The molecule has 0 aliphatic heterocycles. The molecule has 1 unspecified atom stereocenters. The van der Waals surface area contributed by atoms with Gasteiger partial charge in [0.05, 0.1) is 12.0 Å². The highest BCUT2D eigenvalue weighted by Gasteiger charge is 2.24. The standard InChI is InChI=1S/C15H22O3/c1-11(14(17)18-15(2,3)4)10-13(16)12-8-6-5-7-9-12/h5-9,11,13,16H,10H2,1-4H3/t11?,13-/m0/s1. The molecule has 3 nitrogen and oxygen atoms in total. The first-order valence-corrected chi connectivity index (χ1v) is 6.25. The third-order valence-corrected chi connectivity index (χ3v) is 2.57. The van der Waals surface area contributed by atoms with Gasteiger partial charge in [-0.15, -0.1) is 0 Å². The molecule has 0 fully saturated rings. The quantitative estimate of drug-likeness (QED) is 0.835. The molecule has 0 heterocycles. The molecule has 0 spiro atoms. The lowest BCUT2D eigenvalue weighted by Gasteiger charge is -2.23. The van der Waals surface area contributed by atoms with Crippen molar-refractivity contribution in [3.05, 3.63) is 35.9 Å². The number of carbonyl (C=O) groups is 1. The van der Waals surface area contributed by atoms with Crippen molar-refractivity contribution in [2.24, 2.45) is 5.92 Å². The number of carbonyl (C=O) groups excluding carboxylic acids is 1. The van der Waals surface area contributed by atoms with E-state index in [0.29, 0.717) is 6.42 Å². The van der Waals surface area contributed by atoms with E-state index in [-0.39, 0.29) is 11.9 Å². The lowest BCUT2D eigenvalue weighted by Crippen LogP contribution is -2.28. The van der Waals surface area contributed by atoms with Gasteiger partial charge in [-0.1, -0.05) is 37.3 Å². The van der Waals surface area contributed by atoms with Crippen LogP contribution in [0.3, 0.4) is 0 Å². The van der Waals surface area contributed by atoms with E-state index in [1.807, 2.05) is 51.1 Å². The predicted molar refractivity (Wildman–Crippen MR) is 71.0 cm³/mol. The van der Waals surface area contributed by atoms with Crippen LogP contribution in [-0.4, -0.2) is 16.7 Å². The van der Waals surface area contributed by atoms with Crippen LogP contribution in [0.5, 0.6) is 0 Å². The fraction of sp³-hybridized carbons (Fsp3) is 0.533. The second kappa shape index (κ2) is 6.01. The zero-order chi connectivity index (χ0) is 13.8. The third kappa shape index (κ3) is 4.88. The van der Waals surface area contributed by atoms with E-state index in [2.05, 4.69) is 0 Å². The Kier molecular flexibility index (Phi) is 4.91. The Hall–Kier alpha value is -1.35. The second-order valence-corrected chi connectivity index (χ2v) is 5.60. The molecule has 0 aliphatic carbocycles. The number of esters is 1. The maximum Gasteiger partial charge on any atom is 0.309 e. The van der Waals surface area contributed by atoms with E-state index >= 15 is 0 Å². The van der Waals surface area contributed by atoms with Crippen molar-refractivity contribution < 1.29 is 14.6 Å². The molecule has 100 valence electrons. The Bertz CT molecular complexity index is 378. The molecule has 1 aromatic rings. The molecule has 0 saturated carbocycles. The van der Waals surface area contributed by atoms with Crippen molar-refractivity contribution in [2.75, 3.05) is 0 Å². The number of rotatable bonds is 4. The Labute approximate surface area is 109 Å². The highest BCUT2D eigenvalue weighted by atomic mass is 16.6. The summed E-state index contributed by atoms with van der Waals surface area (Å²) in [5, 5.41) is 10.0. The fourth-order valence-electron chi connectivity index (χ4n) is 1.64. The van der Waals surface area contributed by atoms with Gasteiger partial charge >= 0.3 is 5.97 Å². The normalized spacial score (nSPS) is 14.9. The van der Waals surface area contributed by atoms with Crippen molar-refractivity contribution in [2.45, 2.75) is 45.8 Å². The molecule has 0 aliphatic rings. The molecule has 1 rings (SSSR count). The van der Waals surface area contributed by atoms with Crippen LogP contribution < -0.4 is 0 Å². The van der Waals surface area contributed by atoms with Gasteiger partial charge in [0.1, 0.15) is 5.60 Å². The van der Waals surface area contributed by atoms with E-state index < -0.39 is 11.7 Å². The van der Waals surface area contributed by atoms with Crippen molar-refractivity contribution in [1.29, 1.82) is 0 Å². The third-order valence-electron chi connectivity index (χ3n) is 2.57. The molecule has 0 saturated heterocycles. The molecule has 0 bridgehead atoms. The molecule has 0 radical (unpaired) electrons. The Balaban J connectivity index is 2.55. The largest absolute Gasteiger partial charge is 0.460 e. The van der Waals surface area contributed by atoms with Crippen LogP contribution in [0.25, 0.3) is 0 Å². The highest BCUT2D eigenvalue weighted by Crippen LogP contribution is 2.23. The first-order chi connectivity index (χ1) is 8.29. The van der Waals surface area contributed by atoms with Crippen LogP contribution in [0.4, 0.5) is 0 Å². The summed E-state index contributed by atoms with van der Waals surface area (Å²) in [5.74, 6) is -0.586. The summed E-state index contributed by atoms with van der Waals surface area (Å²) in [6, 6.07) is 9.35. The molecule has 0 amide bonds. The monoisotopic (exact) mass is 250 g/mol. The molecule has 3 heteroatoms. The maximum atomic E-state index is 11.8. The van der Waals surface area contributed by atoms with Gasteiger partial charge in [0.25, 0.3) is 0 Å². The van der Waals surface area contributed by atoms with Gasteiger partial charge < -0.3 is 9.84 Å². The summed E-state index contributed by atoms with van der Waals surface area (Å²) in [6.07, 6.45) is -0.257. The van der Waals surface area contributed by atoms with Crippen LogP contribution in [0.2, 0.25) is 0 Å². The van der Waals surface area contributed by atoms with Gasteiger partial charge in [-0.3, -0.25) is 4.79 Å². The zero-order valence-electron chi connectivity index (χ0n) is 11.5. The second-order valence-electron chi connectivity index (χ2n) is 5.60. The Morgan fingerprint density at radius 2 is 1.83 bits per heavy atom. The molecule has 2 atom stereocenters. The average Bonchev–Trinajstić information content (AvgIpc) is 2.27. The molecular formula is C15H22O3. The van der Waals surface area contributed by atoms with Gasteiger partial charge in [-0.2, -0.15) is 0 Å². The Morgan fingerprint density at radius 3 is 2.33 bits per heavy atom. The van der Waals surface area contributed by atoms with Gasteiger partial charge in [0, 0.05) is 0 Å². The summed E-state index contributed by atoms with van der Waals surface area (Å²) in [6.45, 7) is 7.29. The molecule has 18 heavy (non-hydrogen) atoms. The van der Waals surface area contributed by atoms with Crippen LogP contribution in [0, 0.1) is 5.92 Å². The number of ether oxygens (including phenoxy) is 1. The van der Waals surface area contributed by atoms with Gasteiger partial charge in [0.15, 0.2) is 0 Å². The summed E-state index contributed by atoms with van der Waals surface area (Å²) in [5.41, 5.74) is 0.344. The van der Waals surface area contributed by atoms with Crippen LogP contribution in [0.1, 0.15) is 45.8 Å². The first-order valence-electron chi connectivity index (χ1n) is 6.25. The van der Waals surface area contributed by atoms with E-state index in [1.165, 1.54) is 0 Å². The van der Waals surface area contributed by atoms with E-state index in [4.69, 9.17) is 4.74 Å². The summed E-state index contributed by atoms with van der Waals surface area (Å²) in [4.78, 5) is 11.8. The van der Waals surface area contributed by atoms with E-state index in [1.54, 1.807) is 6.92 Å². The molecule has 0 aromatic heterocycles. The SMILES string of the molecule is CC(C[C@H](O)c1ccccc1)C(=O)OC(C)(C)C. The number of hydrogen-bond acceptors (Lipinski definition) is 3. The minimum Gasteiger partial charge on any atom is -0.460 e. The van der Waals surface area contributed by atoms with E-state index in [0.717, 1.165) is 5.56 Å². The zero-order valence-corrected chi connectivity index (χ0v) is 11.5. The Morgan fingerprint density at radius 1 is 1.28 bits per heavy atom. The summed E-state index contributed by atoms with van der Waals surface area (Å²) >= 11 is 0. The molecule has 1 aromatic carbocycles. The highest BCUT2D eigenvalue weighted by molar-refractivity contribution is 5.72. The fourth-order valence-corrected chi connectivity index (χ4v) is 1.64. The van der Waals surface area contributed by atoms with Crippen LogP contribution in [-0.2, 0) is 9.53 Å². The van der Waals surface area contributed by atoms with Gasteiger partial charge in [0.2, 0.25) is 0 Å². The number of benzene rings is 1. The van der Waals surface area contributed by atoms with Crippen LogP contribution in [0.15, 0.2) is 30.3 Å². The predicted octanol–water partition coefficient (Wildman–Crippen LogP) is 3.09. The van der Waals surface area contributed by atoms with Gasteiger partial charge in [-0.05, 0) is 32.8 Å². The van der Waals surface area contributed by atoms with Crippen LogP contribution >= 0.6 is 0 Å². The van der Waals surface area contributed by atoms with Crippen molar-refractivity contribution >= 4 is 5.97 Å². The number of aliphatic hydroxyl groups is 1. The number of hydrogen-bond donors (Lipinski definition) is 1. The minimum absolute atomic E-state index is 0.266. The summed E-state index contributed by atoms with van der Waals surface area (Å²) < 4.78 is 5.29. The lowest BCUT2D eigenvalue weighted by atomic mass is 9.98. The minimum atomic E-state index is -0.631. The van der Waals surface area contributed by atoms with Crippen molar-refractivity contribution in [3.8, 4) is 0 Å². The lowest BCUT2D eigenvalue weighted by molar-refractivity contribution is -0.160. The topological polar surface area (TPSA) is 46.5 Å². The maximum absolute atomic E-state index is 11.8. The van der Waals surface area contributed by atoms with Crippen molar-refractivity contribution in [3.63, 3.8) is 0 Å². The summed E-state index contributed by atoms with van der Waals surface area (Å²) in [7, 11) is 0. The number of aliphatic hydroxyl groups excluding tert-OH is 1. The molecular weight excluding hydrogens is 228 g/mol. The van der Waals surface area contributed by atoms with E-state index in [9.17, 15) is 9.90 Å². The molecule has 1 N–H and O–H groups in total. The van der Waals surface area contributed by atoms with Gasteiger partial charge in [-0.25, -0.2) is 0 Å². The smallest absolute Gasteiger partial charge is 0.309 e. The van der Waals surface area contributed by atoms with Crippen molar-refractivity contribution in [1.82, 2.24) is 0 Å². The average molecular weight is 250 g/mol.